The van der Waals surface area contributed by atoms with Crippen molar-refractivity contribution in [3.05, 3.63) is 48.1 Å². The Morgan fingerprint density at radius 2 is 1.95 bits per heavy atom. The quantitative estimate of drug-likeness (QED) is 0.332. The lowest BCUT2D eigenvalue weighted by molar-refractivity contribution is 0.0488. The summed E-state index contributed by atoms with van der Waals surface area (Å²) in [6, 6.07) is 3.92. The molecule has 0 unspecified atom stereocenters. The summed E-state index contributed by atoms with van der Waals surface area (Å²) in [5, 5.41) is 9.10. The SMILES string of the molecule is CC(C)(C)OC(=O)N[C@H]1CCCC[C@H]1Nc1ncc(C(N)=O)c(Nc2ccc(N=CC=CN)c(F)c2)n1. The van der Waals surface area contributed by atoms with Crippen molar-refractivity contribution < 1.29 is 18.7 Å². The van der Waals surface area contributed by atoms with Gasteiger partial charge in [0, 0.05) is 24.1 Å². The average molecular weight is 513 g/mol. The number of allylic oxidation sites excluding steroid dienone is 1. The van der Waals surface area contributed by atoms with Crippen molar-refractivity contribution >= 4 is 41.4 Å². The summed E-state index contributed by atoms with van der Waals surface area (Å²) in [6.45, 7) is 5.41. The third-order valence-corrected chi connectivity index (χ3v) is 5.46. The molecular formula is C25H33FN8O3. The highest BCUT2D eigenvalue weighted by Crippen LogP contribution is 2.26. The molecule has 1 heterocycles. The minimum absolute atomic E-state index is 0.0354. The summed E-state index contributed by atoms with van der Waals surface area (Å²) in [5.41, 5.74) is 10.6. The molecule has 37 heavy (non-hydrogen) atoms. The van der Waals surface area contributed by atoms with Gasteiger partial charge in [0.05, 0.1) is 11.7 Å². The Kier molecular flexibility index (Phi) is 8.99. The number of halogens is 1. The minimum atomic E-state index is -0.744. The fraction of sp³-hybridized carbons (Fsp3) is 0.400. The highest BCUT2D eigenvalue weighted by atomic mass is 19.1. The number of hydrogen-bond donors (Lipinski definition) is 5. The molecule has 1 aliphatic carbocycles. The van der Waals surface area contributed by atoms with Gasteiger partial charge in [0.25, 0.3) is 5.91 Å². The molecule has 1 aromatic carbocycles. The molecule has 198 valence electrons. The van der Waals surface area contributed by atoms with Gasteiger partial charge >= 0.3 is 6.09 Å². The van der Waals surface area contributed by atoms with Crippen molar-refractivity contribution in [3.63, 3.8) is 0 Å². The van der Waals surface area contributed by atoms with Gasteiger partial charge in [-0.1, -0.05) is 12.8 Å². The van der Waals surface area contributed by atoms with E-state index in [1.54, 1.807) is 26.8 Å². The molecule has 0 radical (unpaired) electrons. The number of primary amides is 1. The van der Waals surface area contributed by atoms with Crippen LogP contribution in [0.2, 0.25) is 0 Å². The van der Waals surface area contributed by atoms with Gasteiger partial charge in [-0.3, -0.25) is 9.79 Å². The predicted octanol–water partition coefficient (Wildman–Crippen LogP) is 3.88. The second kappa shape index (κ2) is 12.2. The fourth-order valence-corrected chi connectivity index (χ4v) is 3.83. The summed E-state index contributed by atoms with van der Waals surface area (Å²) < 4.78 is 19.9. The molecule has 11 nitrogen and oxygen atoms in total. The lowest BCUT2D eigenvalue weighted by Gasteiger charge is -2.33. The number of ether oxygens (including phenoxy) is 1. The number of hydrogen-bond acceptors (Lipinski definition) is 9. The highest BCUT2D eigenvalue weighted by molar-refractivity contribution is 5.98. The normalized spacial score (nSPS) is 18.1. The van der Waals surface area contributed by atoms with Crippen LogP contribution in [0.1, 0.15) is 56.8 Å². The van der Waals surface area contributed by atoms with E-state index < -0.39 is 23.4 Å². The first-order valence-electron chi connectivity index (χ1n) is 12.0. The molecule has 1 aliphatic rings. The van der Waals surface area contributed by atoms with Crippen LogP contribution in [-0.2, 0) is 4.74 Å². The van der Waals surface area contributed by atoms with Crippen LogP contribution in [0.15, 0.2) is 41.7 Å². The van der Waals surface area contributed by atoms with Crippen LogP contribution in [0, 0.1) is 5.82 Å². The Labute approximate surface area is 215 Å². The van der Waals surface area contributed by atoms with Crippen molar-refractivity contribution in [2.75, 3.05) is 10.6 Å². The lowest BCUT2D eigenvalue weighted by Crippen LogP contribution is -2.50. The second-order valence-electron chi connectivity index (χ2n) is 9.56. The molecule has 2 aromatic rings. The molecule has 0 spiro atoms. The van der Waals surface area contributed by atoms with E-state index in [0.717, 1.165) is 25.7 Å². The number of rotatable bonds is 8. The molecule has 12 heteroatoms. The van der Waals surface area contributed by atoms with Crippen LogP contribution in [-0.4, -0.2) is 45.9 Å². The standard InChI is InChI=1S/C25H33FN8O3/c1-25(2,3)37-24(36)33-20-8-5-4-7-19(20)32-23-30-14-16(21(28)35)22(34-23)31-15-9-10-18(17(26)13-15)29-12-6-11-27/h6,9-14,19-20H,4-5,7-8,27H2,1-3H3,(H2,28,35)(H,33,36)(H2,30,31,32,34)/t19-,20+/m1/s1. The number of amides is 2. The number of carbonyl (C=O) groups excluding carboxylic acids is 2. The summed E-state index contributed by atoms with van der Waals surface area (Å²) in [5.74, 6) is -0.991. The van der Waals surface area contributed by atoms with Gasteiger partial charge in [-0.15, -0.1) is 0 Å². The third-order valence-electron chi connectivity index (χ3n) is 5.46. The topological polar surface area (TPSA) is 170 Å². The van der Waals surface area contributed by atoms with Gasteiger partial charge in [0.15, 0.2) is 5.82 Å². The molecule has 1 aromatic heterocycles. The van der Waals surface area contributed by atoms with Gasteiger partial charge < -0.3 is 32.2 Å². The predicted molar refractivity (Wildman–Crippen MR) is 141 cm³/mol. The number of carbonyl (C=O) groups is 2. The number of alkyl carbamates (subject to hydrolysis) is 1. The number of anilines is 3. The molecular weight excluding hydrogens is 479 g/mol. The molecule has 2 atom stereocenters. The number of benzene rings is 1. The average Bonchev–Trinajstić information content (AvgIpc) is 2.80. The van der Waals surface area contributed by atoms with Crippen molar-refractivity contribution in [2.45, 2.75) is 64.1 Å². The largest absolute Gasteiger partial charge is 0.444 e. The van der Waals surface area contributed by atoms with E-state index in [0.29, 0.717) is 5.69 Å². The Morgan fingerprint density at radius 3 is 2.59 bits per heavy atom. The van der Waals surface area contributed by atoms with Crippen molar-refractivity contribution in [1.29, 1.82) is 0 Å². The number of nitrogens with two attached hydrogens (primary N) is 2. The van der Waals surface area contributed by atoms with E-state index in [-0.39, 0.29) is 35.1 Å². The third kappa shape index (κ3) is 8.16. The Bertz CT molecular complexity index is 1180. The molecule has 3 rings (SSSR count). The van der Waals surface area contributed by atoms with Crippen molar-refractivity contribution in [1.82, 2.24) is 15.3 Å². The van der Waals surface area contributed by atoms with Gasteiger partial charge in [0.1, 0.15) is 17.0 Å². The van der Waals surface area contributed by atoms with Crippen molar-refractivity contribution in [3.8, 4) is 0 Å². The van der Waals surface area contributed by atoms with E-state index >= 15 is 0 Å². The number of nitrogens with one attached hydrogen (secondary N) is 3. The van der Waals surface area contributed by atoms with Crippen LogP contribution >= 0.6 is 0 Å². The van der Waals surface area contributed by atoms with Crippen LogP contribution < -0.4 is 27.4 Å². The van der Waals surface area contributed by atoms with Gasteiger partial charge in [-0.2, -0.15) is 4.98 Å². The zero-order valence-corrected chi connectivity index (χ0v) is 21.1. The zero-order valence-electron chi connectivity index (χ0n) is 21.1. The number of nitrogens with zero attached hydrogens (tertiary/aromatic N) is 3. The molecule has 1 fully saturated rings. The molecule has 1 saturated carbocycles. The lowest BCUT2D eigenvalue weighted by atomic mass is 9.90. The minimum Gasteiger partial charge on any atom is -0.444 e. The van der Waals surface area contributed by atoms with Crippen LogP contribution in [0.3, 0.4) is 0 Å². The van der Waals surface area contributed by atoms with E-state index in [4.69, 9.17) is 16.2 Å². The molecule has 0 bridgehead atoms. The Hall–Kier alpha value is -4.22. The van der Waals surface area contributed by atoms with Gasteiger partial charge in [0.2, 0.25) is 5.95 Å². The van der Waals surface area contributed by atoms with E-state index in [9.17, 15) is 14.0 Å². The highest BCUT2D eigenvalue weighted by Gasteiger charge is 2.29. The van der Waals surface area contributed by atoms with Crippen molar-refractivity contribution in [2.24, 2.45) is 16.5 Å². The first kappa shape index (κ1) is 27.4. The summed E-state index contributed by atoms with van der Waals surface area (Å²) >= 11 is 0. The van der Waals surface area contributed by atoms with Crippen LogP contribution in [0.4, 0.5) is 32.3 Å². The molecule has 0 saturated heterocycles. The maximum absolute atomic E-state index is 14.5. The first-order valence-corrected chi connectivity index (χ1v) is 12.0. The van der Waals surface area contributed by atoms with E-state index in [1.165, 1.54) is 36.8 Å². The van der Waals surface area contributed by atoms with E-state index in [2.05, 4.69) is 30.9 Å². The Morgan fingerprint density at radius 1 is 1.22 bits per heavy atom. The summed E-state index contributed by atoms with van der Waals surface area (Å²) in [7, 11) is 0. The maximum atomic E-state index is 14.5. The maximum Gasteiger partial charge on any atom is 0.407 e. The zero-order chi connectivity index (χ0) is 27.0. The Balaban J connectivity index is 1.79. The van der Waals surface area contributed by atoms with Crippen LogP contribution in [0.5, 0.6) is 0 Å². The van der Waals surface area contributed by atoms with Crippen LogP contribution in [0.25, 0.3) is 0 Å². The molecule has 2 amide bonds. The number of aromatic nitrogens is 2. The fourth-order valence-electron chi connectivity index (χ4n) is 3.83. The molecule has 0 aliphatic heterocycles. The van der Waals surface area contributed by atoms with Gasteiger partial charge in [-0.05, 0) is 64.1 Å². The van der Waals surface area contributed by atoms with Gasteiger partial charge in [-0.25, -0.2) is 14.2 Å². The van der Waals surface area contributed by atoms with E-state index in [1.807, 2.05) is 0 Å². The number of aliphatic imine (C=N–C) groups is 1. The summed E-state index contributed by atoms with van der Waals surface area (Å²) in [4.78, 5) is 36.9. The summed E-state index contributed by atoms with van der Waals surface area (Å²) in [6.07, 6.45) is 8.39. The second-order valence-corrected chi connectivity index (χ2v) is 9.56. The molecule has 7 N–H and O–H groups in total. The monoisotopic (exact) mass is 512 g/mol. The first-order chi connectivity index (χ1) is 17.6. The smallest absolute Gasteiger partial charge is 0.407 e.